The summed E-state index contributed by atoms with van der Waals surface area (Å²) in [4.78, 5) is 11.4. The predicted molar refractivity (Wildman–Crippen MR) is 80.9 cm³/mol. The zero-order chi connectivity index (χ0) is 15.0. The Morgan fingerprint density at radius 2 is 2.10 bits per heavy atom. The van der Waals surface area contributed by atoms with Crippen LogP contribution in [0.3, 0.4) is 0 Å². The summed E-state index contributed by atoms with van der Waals surface area (Å²) in [5.41, 5.74) is 0.557. The highest BCUT2D eigenvalue weighted by molar-refractivity contribution is 5.68. The van der Waals surface area contributed by atoms with Gasteiger partial charge in [-0.25, -0.2) is 4.79 Å². The smallest absolute Gasteiger partial charge is 0.407 e. The predicted octanol–water partition coefficient (Wildman–Crippen LogP) is 3.62. The van der Waals surface area contributed by atoms with E-state index in [2.05, 4.69) is 5.32 Å². The molecule has 0 bridgehead atoms. The Morgan fingerprint density at radius 3 is 2.75 bits per heavy atom. The molecule has 4 nitrogen and oxygen atoms in total. The first-order valence-corrected chi connectivity index (χ1v) is 6.77. The van der Waals surface area contributed by atoms with Crippen LogP contribution in [0.25, 0.3) is 6.08 Å². The number of hydrogen-bond acceptors (Lipinski definition) is 3. The zero-order valence-electron chi connectivity index (χ0n) is 12.6. The second-order valence-corrected chi connectivity index (χ2v) is 5.29. The van der Waals surface area contributed by atoms with Crippen molar-refractivity contribution in [2.75, 3.05) is 13.2 Å². The lowest BCUT2D eigenvalue weighted by molar-refractivity contribution is 0.0534. The van der Waals surface area contributed by atoms with E-state index >= 15 is 0 Å². The minimum Gasteiger partial charge on any atom is -0.494 e. The van der Waals surface area contributed by atoms with Crippen molar-refractivity contribution in [1.29, 1.82) is 0 Å². The van der Waals surface area contributed by atoms with Crippen LogP contribution in [-0.4, -0.2) is 24.8 Å². The van der Waals surface area contributed by atoms with Gasteiger partial charge in [0.05, 0.1) is 6.61 Å². The van der Waals surface area contributed by atoms with Crippen LogP contribution in [-0.2, 0) is 4.74 Å². The van der Waals surface area contributed by atoms with E-state index in [0.29, 0.717) is 13.2 Å². The third kappa shape index (κ3) is 6.83. The van der Waals surface area contributed by atoms with Crippen LogP contribution in [0.1, 0.15) is 33.3 Å². The van der Waals surface area contributed by atoms with Crippen molar-refractivity contribution in [3.8, 4) is 5.75 Å². The molecule has 1 rings (SSSR count). The van der Waals surface area contributed by atoms with Gasteiger partial charge in [0.1, 0.15) is 11.4 Å². The molecule has 0 radical (unpaired) electrons. The summed E-state index contributed by atoms with van der Waals surface area (Å²) in [6, 6.07) is 7.78. The third-order valence-corrected chi connectivity index (χ3v) is 2.24. The fraction of sp³-hybridized carbons (Fsp3) is 0.438. The van der Waals surface area contributed by atoms with Gasteiger partial charge in [-0.1, -0.05) is 24.3 Å². The lowest BCUT2D eigenvalue weighted by Crippen LogP contribution is -2.32. The standard InChI is InChI=1S/C16H23NO3/c1-5-19-14-10-6-8-13(12-14)9-7-11-17-15(18)20-16(2,3)4/h6-10,12H,5,11H2,1-4H3,(H,17,18). The molecule has 4 heteroatoms. The number of alkyl carbamates (subject to hydrolysis) is 1. The SMILES string of the molecule is CCOc1cccc(C=CCNC(=O)OC(C)(C)C)c1. The average Bonchev–Trinajstić information content (AvgIpc) is 2.33. The molecule has 0 aromatic heterocycles. The molecular formula is C16H23NO3. The number of ether oxygens (including phenoxy) is 2. The highest BCUT2D eigenvalue weighted by Crippen LogP contribution is 2.14. The lowest BCUT2D eigenvalue weighted by Gasteiger charge is -2.19. The Balaban J connectivity index is 2.41. The molecule has 1 aromatic carbocycles. The van der Waals surface area contributed by atoms with Crippen molar-refractivity contribution in [2.24, 2.45) is 0 Å². The Labute approximate surface area is 120 Å². The van der Waals surface area contributed by atoms with Gasteiger partial charge in [0, 0.05) is 6.54 Å². The van der Waals surface area contributed by atoms with Gasteiger partial charge in [-0.05, 0) is 45.4 Å². The van der Waals surface area contributed by atoms with Gasteiger partial charge in [-0.3, -0.25) is 0 Å². The molecular weight excluding hydrogens is 254 g/mol. The maximum absolute atomic E-state index is 11.4. The Morgan fingerprint density at radius 1 is 1.35 bits per heavy atom. The van der Waals surface area contributed by atoms with Crippen LogP contribution in [0.15, 0.2) is 30.3 Å². The molecule has 0 heterocycles. The second kappa shape index (κ2) is 7.58. The number of amides is 1. The molecule has 0 aliphatic carbocycles. The quantitative estimate of drug-likeness (QED) is 0.894. The number of carbonyl (C=O) groups excluding carboxylic acids is 1. The molecule has 1 aromatic rings. The van der Waals surface area contributed by atoms with Crippen molar-refractivity contribution in [3.05, 3.63) is 35.9 Å². The van der Waals surface area contributed by atoms with E-state index in [-0.39, 0.29) is 0 Å². The number of carbonyl (C=O) groups is 1. The largest absolute Gasteiger partial charge is 0.494 e. The molecule has 0 spiro atoms. The summed E-state index contributed by atoms with van der Waals surface area (Å²) in [5.74, 6) is 0.842. The van der Waals surface area contributed by atoms with Gasteiger partial charge >= 0.3 is 6.09 Å². The Bertz CT molecular complexity index is 461. The molecule has 0 atom stereocenters. The van der Waals surface area contributed by atoms with Crippen molar-refractivity contribution in [2.45, 2.75) is 33.3 Å². The van der Waals surface area contributed by atoms with Crippen molar-refractivity contribution in [3.63, 3.8) is 0 Å². The van der Waals surface area contributed by atoms with Crippen LogP contribution in [0.4, 0.5) is 4.79 Å². The van der Waals surface area contributed by atoms with Crippen LogP contribution in [0.2, 0.25) is 0 Å². The third-order valence-electron chi connectivity index (χ3n) is 2.24. The molecule has 20 heavy (non-hydrogen) atoms. The molecule has 1 N–H and O–H groups in total. The average molecular weight is 277 g/mol. The van der Waals surface area contributed by atoms with Crippen LogP contribution >= 0.6 is 0 Å². The van der Waals surface area contributed by atoms with E-state index in [1.54, 1.807) is 0 Å². The monoisotopic (exact) mass is 277 g/mol. The number of rotatable bonds is 5. The second-order valence-electron chi connectivity index (χ2n) is 5.29. The summed E-state index contributed by atoms with van der Waals surface area (Å²) in [5, 5.41) is 2.67. The van der Waals surface area contributed by atoms with E-state index in [1.165, 1.54) is 0 Å². The summed E-state index contributed by atoms with van der Waals surface area (Å²) < 4.78 is 10.6. The van der Waals surface area contributed by atoms with E-state index in [0.717, 1.165) is 11.3 Å². The van der Waals surface area contributed by atoms with E-state index in [1.807, 2.05) is 64.1 Å². The molecule has 0 aliphatic heterocycles. The first kappa shape index (κ1) is 16.1. The first-order valence-electron chi connectivity index (χ1n) is 6.77. The van der Waals surface area contributed by atoms with Crippen LogP contribution in [0.5, 0.6) is 5.75 Å². The normalized spacial score (nSPS) is 11.4. The molecule has 0 unspecified atom stereocenters. The highest BCUT2D eigenvalue weighted by Gasteiger charge is 2.14. The summed E-state index contributed by atoms with van der Waals surface area (Å²) in [7, 11) is 0. The first-order chi connectivity index (χ1) is 9.40. The topological polar surface area (TPSA) is 47.6 Å². The van der Waals surface area contributed by atoms with Crippen molar-refractivity contribution < 1.29 is 14.3 Å². The minimum absolute atomic E-state index is 0.412. The molecule has 0 fully saturated rings. The zero-order valence-corrected chi connectivity index (χ0v) is 12.6. The summed E-state index contributed by atoms with van der Waals surface area (Å²) in [6.45, 7) is 8.53. The van der Waals surface area contributed by atoms with E-state index in [4.69, 9.17) is 9.47 Å². The summed E-state index contributed by atoms with van der Waals surface area (Å²) in [6.07, 6.45) is 3.39. The number of nitrogens with one attached hydrogen (secondary N) is 1. The van der Waals surface area contributed by atoms with Crippen LogP contribution in [0, 0.1) is 0 Å². The summed E-state index contributed by atoms with van der Waals surface area (Å²) >= 11 is 0. The highest BCUT2D eigenvalue weighted by atomic mass is 16.6. The van der Waals surface area contributed by atoms with Gasteiger partial charge in [-0.15, -0.1) is 0 Å². The Hall–Kier alpha value is -1.97. The fourth-order valence-electron chi connectivity index (χ4n) is 1.53. The van der Waals surface area contributed by atoms with Gasteiger partial charge < -0.3 is 14.8 Å². The lowest BCUT2D eigenvalue weighted by atomic mass is 10.2. The maximum atomic E-state index is 11.4. The molecule has 0 aliphatic rings. The molecule has 1 amide bonds. The van der Waals surface area contributed by atoms with Crippen molar-refractivity contribution >= 4 is 12.2 Å². The fourth-order valence-corrected chi connectivity index (χ4v) is 1.53. The number of hydrogen-bond donors (Lipinski definition) is 1. The van der Waals surface area contributed by atoms with Crippen LogP contribution < -0.4 is 10.1 Å². The minimum atomic E-state index is -0.473. The van der Waals surface area contributed by atoms with Gasteiger partial charge in [0.25, 0.3) is 0 Å². The number of benzene rings is 1. The Kier molecular flexibility index (Phi) is 6.10. The van der Waals surface area contributed by atoms with E-state index in [9.17, 15) is 4.79 Å². The van der Waals surface area contributed by atoms with Gasteiger partial charge in [0.2, 0.25) is 0 Å². The molecule has 0 saturated heterocycles. The van der Waals surface area contributed by atoms with Gasteiger partial charge in [0.15, 0.2) is 0 Å². The van der Waals surface area contributed by atoms with Gasteiger partial charge in [-0.2, -0.15) is 0 Å². The maximum Gasteiger partial charge on any atom is 0.407 e. The molecule has 0 saturated carbocycles. The molecule has 110 valence electrons. The van der Waals surface area contributed by atoms with E-state index < -0.39 is 11.7 Å². The van der Waals surface area contributed by atoms with Crippen molar-refractivity contribution in [1.82, 2.24) is 5.32 Å².